The van der Waals surface area contributed by atoms with Gasteiger partial charge in [-0.3, -0.25) is 14.4 Å². The first-order valence-electron chi connectivity index (χ1n) is 8.88. The van der Waals surface area contributed by atoms with Gasteiger partial charge in [0.05, 0.1) is 12.5 Å². The molecule has 3 unspecified atom stereocenters. The number of carboxylic acid groups (broad SMARTS) is 1. The Morgan fingerprint density at radius 1 is 1.27 bits per heavy atom. The third kappa shape index (κ3) is 4.03. The van der Waals surface area contributed by atoms with Crippen molar-refractivity contribution in [2.75, 3.05) is 26.7 Å². The standard InChI is InChI=1S/C19H23FN2O4/c1-21(11-17(23)22-8-2-3-13(10-22)19(25)26)18(24)16-9-15(16)12-4-6-14(20)7-5-12/h4-7,13,15-16H,2-3,8-11H2,1H3,(H,25,26). The Bertz CT molecular complexity index is 706. The van der Waals surface area contributed by atoms with Crippen LogP contribution in [0.15, 0.2) is 24.3 Å². The first kappa shape index (κ1) is 18.4. The van der Waals surface area contributed by atoms with E-state index in [1.54, 1.807) is 19.2 Å². The number of likely N-dealkylation sites (tertiary alicyclic amines) is 1. The summed E-state index contributed by atoms with van der Waals surface area (Å²) in [5, 5.41) is 9.12. The number of nitrogens with zero attached hydrogens (tertiary/aromatic N) is 2. The van der Waals surface area contributed by atoms with Crippen LogP contribution in [0.25, 0.3) is 0 Å². The van der Waals surface area contributed by atoms with Crippen LogP contribution in [-0.4, -0.2) is 59.4 Å². The molecule has 140 valence electrons. The fourth-order valence-corrected chi connectivity index (χ4v) is 3.62. The molecule has 1 saturated heterocycles. The number of benzene rings is 1. The molecule has 3 atom stereocenters. The third-order valence-electron chi connectivity index (χ3n) is 5.28. The van der Waals surface area contributed by atoms with Crippen molar-refractivity contribution in [3.8, 4) is 0 Å². The van der Waals surface area contributed by atoms with Gasteiger partial charge in [0.25, 0.3) is 0 Å². The Kier molecular flexibility index (Phi) is 5.25. The number of likely N-dealkylation sites (N-methyl/N-ethyl adjacent to an activating group) is 1. The number of carbonyl (C=O) groups is 3. The van der Waals surface area contributed by atoms with Gasteiger partial charge in [-0.15, -0.1) is 0 Å². The van der Waals surface area contributed by atoms with E-state index >= 15 is 0 Å². The molecular weight excluding hydrogens is 339 g/mol. The fraction of sp³-hybridized carbons (Fsp3) is 0.526. The summed E-state index contributed by atoms with van der Waals surface area (Å²) in [4.78, 5) is 39.0. The van der Waals surface area contributed by atoms with E-state index in [9.17, 15) is 18.8 Å². The van der Waals surface area contributed by atoms with Gasteiger partial charge < -0.3 is 14.9 Å². The second kappa shape index (κ2) is 7.43. The molecule has 1 aliphatic carbocycles. The van der Waals surface area contributed by atoms with Crippen molar-refractivity contribution in [3.05, 3.63) is 35.6 Å². The first-order chi connectivity index (χ1) is 12.4. The zero-order chi connectivity index (χ0) is 18.8. The quantitative estimate of drug-likeness (QED) is 0.865. The van der Waals surface area contributed by atoms with Gasteiger partial charge in [-0.2, -0.15) is 0 Å². The smallest absolute Gasteiger partial charge is 0.308 e. The van der Waals surface area contributed by atoms with Crippen LogP contribution in [0, 0.1) is 17.7 Å². The molecule has 0 bridgehead atoms. The largest absolute Gasteiger partial charge is 0.481 e. The Balaban J connectivity index is 1.52. The monoisotopic (exact) mass is 362 g/mol. The Labute approximate surface area is 151 Å². The number of carboxylic acids is 1. The van der Waals surface area contributed by atoms with Crippen LogP contribution in [-0.2, 0) is 14.4 Å². The molecule has 1 aliphatic heterocycles. The molecule has 1 N–H and O–H groups in total. The summed E-state index contributed by atoms with van der Waals surface area (Å²) < 4.78 is 13.0. The molecule has 0 aromatic heterocycles. The van der Waals surface area contributed by atoms with Gasteiger partial charge in [0.1, 0.15) is 5.82 Å². The summed E-state index contributed by atoms with van der Waals surface area (Å²) >= 11 is 0. The van der Waals surface area contributed by atoms with Crippen molar-refractivity contribution in [1.29, 1.82) is 0 Å². The minimum absolute atomic E-state index is 0.0438. The maximum atomic E-state index is 13.0. The number of halogens is 1. The molecule has 0 radical (unpaired) electrons. The average Bonchev–Trinajstić information content (AvgIpc) is 3.42. The maximum absolute atomic E-state index is 13.0. The second-order valence-electron chi connectivity index (χ2n) is 7.21. The fourth-order valence-electron chi connectivity index (χ4n) is 3.62. The lowest BCUT2D eigenvalue weighted by molar-refractivity contribution is -0.147. The molecular formula is C19H23FN2O4. The van der Waals surface area contributed by atoms with Crippen molar-refractivity contribution in [2.45, 2.75) is 25.2 Å². The van der Waals surface area contributed by atoms with Gasteiger partial charge in [0, 0.05) is 26.1 Å². The van der Waals surface area contributed by atoms with E-state index in [4.69, 9.17) is 5.11 Å². The summed E-state index contributed by atoms with van der Waals surface area (Å²) in [6.07, 6.45) is 1.94. The molecule has 1 aromatic rings. The van der Waals surface area contributed by atoms with Crippen molar-refractivity contribution in [2.24, 2.45) is 11.8 Å². The molecule has 2 fully saturated rings. The molecule has 26 heavy (non-hydrogen) atoms. The first-order valence-corrected chi connectivity index (χ1v) is 8.88. The van der Waals surface area contributed by atoms with E-state index < -0.39 is 11.9 Å². The molecule has 1 aromatic carbocycles. The molecule has 7 heteroatoms. The number of hydrogen-bond acceptors (Lipinski definition) is 3. The number of amides is 2. The van der Waals surface area contributed by atoms with Gasteiger partial charge in [-0.25, -0.2) is 4.39 Å². The van der Waals surface area contributed by atoms with Crippen LogP contribution in [0.2, 0.25) is 0 Å². The number of aliphatic carboxylic acids is 1. The second-order valence-corrected chi connectivity index (χ2v) is 7.21. The van der Waals surface area contributed by atoms with E-state index in [-0.39, 0.29) is 42.6 Å². The summed E-state index contributed by atoms with van der Waals surface area (Å²) in [5.74, 6) is -2.13. The van der Waals surface area contributed by atoms with E-state index in [1.165, 1.54) is 21.9 Å². The van der Waals surface area contributed by atoms with Crippen LogP contribution in [0.4, 0.5) is 4.39 Å². The van der Waals surface area contributed by atoms with Crippen molar-refractivity contribution < 1.29 is 23.9 Å². The molecule has 2 amide bonds. The minimum Gasteiger partial charge on any atom is -0.481 e. The van der Waals surface area contributed by atoms with Crippen LogP contribution in [0.5, 0.6) is 0 Å². The maximum Gasteiger partial charge on any atom is 0.308 e. The number of piperidine rings is 1. The van der Waals surface area contributed by atoms with Gasteiger partial charge >= 0.3 is 5.97 Å². The normalized spacial score (nSPS) is 24.8. The highest BCUT2D eigenvalue weighted by molar-refractivity contribution is 5.88. The highest BCUT2D eigenvalue weighted by Crippen LogP contribution is 2.48. The van der Waals surface area contributed by atoms with E-state index in [0.717, 1.165) is 5.56 Å². The van der Waals surface area contributed by atoms with E-state index in [0.29, 0.717) is 25.8 Å². The van der Waals surface area contributed by atoms with Gasteiger partial charge in [0.2, 0.25) is 11.8 Å². The van der Waals surface area contributed by atoms with Gasteiger partial charge in [-0.05, 0) is 42.9 Å². The van der Waals surface area contributed by atoms with Crippen molar-refractivity contribution >= 4 is 17.8 Å². The molecule has 0 spiro atoms. The lowest BCUT2D eigenvalue weighted by Gasteiger charge is -2.32. The number of rotatable bonds is 5. The summed E-state index contributed by atoms with van der Waals surface area (Å²) in [6.45, 7) is 0.696. The van der Waals surface area contributed by atoms with Gasteiger partial charge in [0.15, 0.2) is 0 Å². The molecule has 1 heterocycles. The van der Waals surface area contributed by atoms with Crippen LogP contribution < -0.4 is 0 Å². The average molecular weight is 362 g/mol. The summed E-state index contributed by atoms with van der Waals surface area (Å²) in [5.41, 5.74) is 0.935. The van der Waals surface area contributed by atoms with Crippen LogP contribution >= 0.6 is 0 Å². The minimum atomic E-state index is -0.882. The summed E-state index contributed by atoms with van der Waals surface area (Å²) in [6, 6.07) is 6.16. The van der Waals surface area contributed by atoms with Crippen LogP contribution in [0.1, 0.15) is 30.7 Å². The predicted octanol–water partition coefficient (Wildman–Crippen LogP) is 1.71. The lowest BCUT2D eigenvalue weighted by atomic mass is 9.98. The van der Waals surface area contributed by atoms with Gasteiger partial charge in [-0.1, -0.05) is 12.1 Å². The molecule has 1 saturated carbocycles. The topological polar surface area (TPSA) is 77.9 Å². The SMILES string of the molecule is CN(CC(=O)N1CCCC(C(=O)O)C1)C(=O)C1CC1c1ccc(F)cc1. The number of hydrogen-bond donors (Lipinski definition) is 1. The van der Waals surface area contributed by atoms with Crippen molar-refractivity contribution in [3.63, 3.8) is 0 Å². The lowest BCUT2D eigenvalue weighted by Crippen LogP contribution is -2.47. The van der Waals surface area contributed by atoms with E-state index in [2.05, 4.69) is 0 Å². The Morgan fingerprint density at radius 2 is 1.96 bits per heavy atom. The Hall–Kier alpha value is -2.44. The molecule has 6 nitrogen and oxygen atoms in total. The van der Waals surface area contributed by atoms with Crippen LogP contribution in [0.3, 0.4) is 0 Å². The third-order valence-corrected chi connectivity index (χ3v) is 5.28. The highest BCUT2D eigenvalue weighted by atomic mass is 19.1. The zero-order valence-electron chi connectivity index (χ0n) is 14.7. The predicted molar refractivity (Wildman–Crippen MR) is 91.8 cm³/mol. The van der Waals surface area contributed by atoms with E-state index in [1.807, 2.05) is 0 Å². The molecule has 3 rings (SSSR count). The Morgan fingerprint density at radius 3 is 2.62 bits per heavy atom. The van der Waals surface area contributed by atoms with Crippen molar-refractivity contribution in [1.82, 2.24) is 9.80 Å². The number of carbonyl (C=O) groups excluding carboxylic acids is 2. The highest BCUT2D eigenvalue weighted by Gasteiger charge is 2.45. The summed E-state index contributed by atoms with van der Waals surface area (Å²) in [7, 11) is 1.60. The zero-order valence-corrected chi connectivity index (χ0v) is 14.7. The molecule has 2 aliphatic rings.